The lowest BCUT2D eigenvalue weighted by Crippen LogP contribution is -2.36. The van der Waals surface area contributed by atoms with E-state index < -0.39 is 17.9 Å². The predicted molar refractivity (Wildman–Crippen MR) is 97.3 cm³/mol. The molecule has 7 heteroatoms. The molecule has 0 saturated carbocycles. The van der Waals surface area contributed by atoms with E-state index in [1.807, 2.05) is 18.2 Å². The van der Waals surface area contributed by atoms with Crippen molar-refractivity contribution in [2.24, 2.45) is 5.92 Å². The Hall–Kier alpha value is -3.22. The number of carbonyl (C=O) groups is 3. The van der Waals surface area contributed by atoms with E-state index in [0.29, 0.717) is 13.1 Å². The van der Waals surface area contributed by atoms with Gasteiger partial charge in [-0.2, -0.15) is 0 Å². The van der Waals surface area contributed by atoms with E-state index in [9.17, 15) is 14.4 Å². The second kappa shape index (κ2) is 8.44. The molecule has 1 aliphatic heterocycles. The van der Waals surface area contributed by atoms with Crippen molar-refractivity contribution in [3.8, 4) is 0 Å². The summed E-state index contributed by atoms with van der Waals surface area (Å²) in [6.07, 6.45) is 1.57. The SMILES string of the molecule is O=C(O)C[C@H](NC(=O)[C@H]1CC(=O)N(Cc2ccccn2)C1)c1ccccc1. The van der Waals surface area contributed by atoms with Crippen LogP contribution in [-0.2, 0) is 20.9 Å². The topological polar surface area (TPSA) is 99.6 Å². The molecule has 2 atom stereocenters. The number of carboxylic acid groups (broad SMARTS) is 1. The molecule has 3 rings (SSSR count). The van der Waals surface area contributed by atoms with Gasteiger partial charge in [-0.1, -0.05) is 36.4 Å². The Bertz CT molecular complexity index is 810. The van der Waals surface area contributed by atoms with Gasteiger partial charge in [0.1, 0.15) is 0 Å². The molecule has 2 N–H and O–H groups in total. The molecule has 2 heterocycles. The highest BCUT2D eigenvalue weighted by Gasteiger charge is 2.35. The van der Waals surface area contributed by atoms with Crippen molar-refractivity contribution in [3.63, 3.8) is 0 Å². The lowest BCUT2D eigenvalue weighted by Gasteiger charge is -2.20. The molecule has 0 bridgehead atoms. The van der Waals surface area contributed by atoms with Crippen molar-refractivity contribution in [3.05, 3.63) is 66.0 Å². The summed E-state index contributed by atoms with van der Waals surface area (Å²) in [5, 5.41) is 11.9. The zero-order valence-electron chi connectivity index (χ0n) is 14.7. The van der Waals surface area contributed by atoms with Gasteiger partial charge in [-0.25, -0.2) is 0 Å². The van der Waals surface area contributed by atoms with Crippen molar-refractivity contribution >= 4 is 17.8 Å². The predicted octanol–water partition coefficient (Wildman–Crippen LogP) is 1.76. The quantitative estimate of drug-likeness (QED) is 0.777. The van der Waals surface area contributed by atoms with Gasteiger partial charge in [0.05, 0.1) is 30.6 Å². The van der Waals surface area contributed by atoms with Crippen LogP contribution in [0.15, 0.2) is 54.7 Å². The number of aliphatic carboxylic acids is 1. The minimum absolute atomic E-state index is 0.102. The fourth-order valence-electron chi connectivity index (χ4n) is 3.19. The van der Waals surface area contributed by atoms with Crippen molar-refractivity contribution in [1.29, 1.82) is 0 Å². The van der Waals surface area contributed by atoms with Gasteiger partial charge in [0.2, 0.25) is 11.8 Å². The van der Waals surface area contributed by atoms with Gasteiger partial charge in [-0.15, -0.1) is 0 Å². The lowest BCUT2D eigenvalue weighted by atomic mass is 10.0. The Kier molecular flexibility index (Phi) is 5.80. The van der Waals surface area contributed by atoms with Crippen LogP contribution in [-0.4, -0.2) is 39.3 Å². The fraction of sp³-hybridized carbons (Fsp3) is 0.300. The van der Waals surface area contributed by atoms with Crippen molar-refractivity contribution in [2.75, 3.05) is 6.54 Å². The zero-order chi connectivity index (χ0) is 19.2. The Morgan fingerprint density at radius 1 is 1.19 bits per heavy atom. The number of aromatic nitrogens is 1. The average Bonchev–Trinajstić information content (AvgIpc) is 3.03. The van der Waals surface area contributed by atoms with Gasteiger partial charge in [0.25, 0.3) is 0 Å². The average molecular weight is 367 g/mol. The second-order valence-corrected chi connectivity index (χ2v) is 6.57. The van der Waals surface area contributed by atoms with E-state index in [0.717, 1.165) is 11.3 Å². The molecule has 2 aromatic rings. The van der Waals surface area contributed by atoms with E-state index in [-0.39, 0.29) is 24.7 Å². The molecule has 140 valence electrons. The van der Waals surface area contributed by atoms with Crippen molar-refractivity contribution < 1.29 is 19.5 Å². The summed E-state index contributed by atoms with van der Waals surface area (Å²) in [7, 11) is 0. The number of likely N-dealkylation sites (tertiary alicyclic amines) is 1. The van der Waals surface area contributed by atoms with Crippen LogP contribution < -0.4 is 5.32 Å². The van der Waals surface area contributed by atoms with Gasteiger partial charge in [0.15, 0.2) is 0 Å². The smallest absolute Gasteiger partial charge is 0.305 e. The number of amides is 2. The second-order valence-electron chi connectivity index (χ2n) is 6.57. The summed E-state index contributed by atoms with van der Waals surface area (Å²) < 4.78 is 0. The van der Waals surface area contributed by atoms with E-state index in [1.165, 1.54) is 0 Å². The largest absolute Gasteiger partial charge is 0.481 e. The first-order valence-corrected chi connectivity index (χ1v) is 8.77. The van der Waals surface area contributed by atoms with Crippen LogP contribution in [0.1, 0.15) is 30.1 Å². The Morgan fingerprint density at radius 3 is 2.59 bits per heavy atom. The minimum atomic E-state index is -0.997. The minimum Gasteiger partial charge on any atom is -0.481 e. The van der Waals surface area contributed by atoms with Crippen LogP contribution >= 0.6 is 0 Å². The third-order valence-corrected chi connectivity index (χ3v) is 4.56. The molecule has 1 fully saturated rings. The number of rotatable bonds is 7. The molecule has 0 aliphatic carbocycles. The maximum atomic E-state index is 12.7. The molecule has 0 unspecified atom stereocenters. The molecule has 0 spiro atoms. The van der Waals surface area contributed by atoms with Crippen LogP contribution in [0, 0.1) is 5.92 Å². The number of pyridine rings is 1. The first-order chi connectivity index (χ1) is 13.0. The Labute approximate surface area is 157 Å². The molecule has 7 nitrogen and oxygen atoms in total. The highest BCUT2D eigenvalue weighted by molar-refractivity contribution is 5.89. The summed E-state index contributed by atoms with van der Waals surface area (Å²) >= 11 is 0. The maximum Gasteiger partial charge on any atom is 0.305 e. The van der Waals surface area contributed by atoms with E-state index in [1.54, 1.807) is 41.4 Å². The van der Waals surface area contributed by atoms with E-state index in [4.69, 9.17) is 5.11 Å². The number of hydrogen-bond donors (Lipinski definition) is 2. The highest BCUT2D eigenvalue weighted by atomic mass is 16.4. The summed E-state index contributed by atoms with van der Waals surface area (Å²) in [6.45, 7) is 0.663. The third-order valence-electron chi connectivity index (χ3n) is 4.56. The zero-order valence-corrected chi connectivity index (χ0v) is 14.7. The molecular formula is C20H21N3O4. The molecule has 2 amide bonds. The van der Waals surface area contributed by atoms with Crippen LogP contribution in [0.5, 0.6) is 0 Å². The van der Waals surface area contributed by atoms with Gasteiger partial charge >= 0.3 is 5.97 Å². The monoisotopic (exact) mass is 367 g/mol. The standard InChI is InChI=1S/C20H21N3O4/c24-18-10-15(12-23(18)13-16-8-4-5-9-21-16)20(27)22-17(11-19(25)26)14-6-2-1-3-7-14/h1-9,15,17H,10-13H2,(H,22,27)(H,25,26)/t15-,17-/m0/s1. The van der Waals surface area contributed by atoms with Crippen LogP contribution in [0.4, 0.5) is 0 Å². The van der Waals surface area contributed by atoms with Crippen LogP contribution in [0.2, 0.25) is 0 Å². The van der Waals surface area contributed by atoms with Crippen LogP contribution in [0.25, 0.3) is 0 Å². The maximum absolute atomic E-state index is 12.7. The lowest BCUT2D eigenvalue weighted by molar-refractivity contribution is -0.138. The Morgan fingerprint density at radius 2 is 1.93 bits per heavy atom. The van der Waals surface area contributed by atoms with E-state index >= 15 is 0 Å². The normalized spacial score (nSPS) is 17.6. The number of nitrogens with zero attached hydrogens (tertiary/aromatic N) is 2. The number of hydrogen-bond acceptors (Lipinski definition) is 4. The van der Waals surface area contributed by atoms with Gasteiger partial charge in [-0.3, -0.25) is 19.4 Å². The molecule has 1 aliphatic rings. The number of benzene rings is 1. The summed E-state index contributed by atoms with van der Waals surface area (Å²) in [5.41, 5.74) is 1.49. The molecule has 1 aromatic heterocycles. The fourth-order valence-corrected chi connectivity index (χ4v) is 3.19. The molecule has 1 saturated heterocycles. The van der Waals surface area contributed by atoms with Gasteiger partial charge in [0, 0.05) is 19.2 Å². The number of nitrogens with one attached hydrogen (secondary N) is 1. The molecule has 0 radical (unpaired) electrons. The van der Waals surface area contributed by atoms with Crippen molar-refractivity contribution in [1.82, 2.24) is 15.2 Å². The third kappa shape index (κ3) is 4.91. The molecule has 1 aromatic carbocycles. The molecule has 27 heavy (non-hydrogen) atoms. The highest BCUT2D eigenvalue weighted by Crippen LogP contribution is 2.23. The molecular weight excluding hydrogens is 346 g/mol. The van der Waals surface area contributed by atoms with Crippen molar-refractivity contribution in [2.45, 2.75) is 25.4 Å². The van der Waals surface area contributed by atoms with Gasteiger partial charge < -0.3 is 15.3 Å². The summed E-state index contributed by atoms with van der Waals surface area (Å²) in [5.74, 6) is -1.90. The first-order valence-electron chi connectivity index (χ1n) is 8.77. The summed E-state index contributed by atoms with van der Waals surface area (Å²) in [4.78, 5) is 41.9. The number of carboxylic acids is 1. The van der Waals surface area contributed by atoms with Gasteiger partial charge in [-0.05, 0) is 17.7 Å². The van der Waals surface area contributed by atoms with Crippen LogP contribution in [0.3, 0.4) is 0 Å². The Balaban J connectivity index is 1.64. The number of carbonyl (C=O) groups excluding carboxylic acids is 2. The van der Waals surface area contributed by atoms with E-state index in [2.05, 4.69) is 10.3 Å². The first kappa shape index (κ1) is 18.6. The summed E-state index contributed by atoms with van der Waals surface area (Å²) in [6, 6.07) is 13.8.